The summed E-state index contributed by atoms with van der Waals surface area (Å²) >= 11 is 11.8. The van der Waals surface area contributed by atoms with E-state index in [-0.39, 0.29) is 36.9 Å². The van der Waals surface area contributed by atoms with Crippen molar-refractivity contribution in [3.05, 3.63) is 57.8 Å². The first-order valence-electron chi connectivity index (χ1n) is 10.3. The summed E-state index contributed by atoms with van der Waals surface area (Å²) in [7, 11) is 0. The van der Waals surface area contributed by atoms with Gasteiger partial charge in [0, 0.05) is 30.8 Å². The van der Waals surface area contributed by atoms with Gasteiger partial charge in [-0.1, -0.05) is 29.3 Å². The smallest absolute Gasteiger partial charge is 0.433 e. The van der Waals surface area contributed by atoms with Gasteiger partial charge in [-0.25, -0.2) is 0 Å². The van der Waals surface area contributed by atoms with Crippen LogP contribution in [0.25, 0.3) is 0 Å². The third kappa shape index (κ3) is 7.50. The molecule has 11 heteroatoms. The molecule has 0 bridgehead atoms. The number of amides is 2. The molecule has 1 aliphatic rings. The second-order valence-corrected chi connectivity index (χ2v) is 8.56. The van der Waals surface area contributed by atoms with E-state index in [0.29, 0.717) is 47.0 Å². The molecule has 2 N–H and O–H groups in total. The molecular weight excluding hydrogens is 482 g/mol. The van der Waals surface area contributed by atoms with Crippen molar-refractivity contribution in [2.75, 3.05) is 6.61 Å². The number of ether oxygens (including phenoxy) is 1. The molecule has 1 saturated carbocycles. The molecule has 2 amide bonds. The highest BCUT2D eigenvalue weighted by atomic mass is 35.5. The third-order valence-corrected chi connectivity index (χ3v) is 6.05. The number of benzene rings is 1. The number of alkyl halides is 3. The number of pyridine rings is 1. The quantitative estimate of drug-likeness (QED) is 0.569. The van der Waals surface area contributed by atoms with Gasteiger partial charge >= 0.3 is 6.18 Å². The average Bonchev–Trinajstić information content (AvgIpc) is 2.78. The van der Waals surface area contributed by atoms with E-state index in [2.05, 4.69) is 15.6 Å². The van der Waals surface area contributed by atoms with Crippen LogP contribution in [-0.2, 0) is 22.3 Å². The van der Waals surface area contributed by atoms with Gasteiger partial charge in [0.15, 0.2) is 6.61 Å². The van der Waals surface area contributed by atoms with E-state index < -0.39 is 11.9 Å². The Morgan fingerprint density at radius 1 is 1.06 bits per heavy atom. The van der Waals surface area contributed by atoms with Gasteiger partial charge in [-0.05, 0) is 49.4 Å². The van der Waals surface area contributed by atoms with Crippen molar-refractivity contribution in [2.24, 2.45) is 5.92 Å². The first kappa shape index (κ1) is 25.1. The molecule has 0 aliphatic heterocycles. The van der Waals surface area contributed by atoms with Gasteiger partial charge in [-0.3, -0.25) is 14.6 Å². The van der Waals surface area contributed by atoms with Gasteiger partial charge in [-0.2, -0.15) is 13.2 Å². The van der Waals surface area contributed by atoms with Crippen molar-refractivity contribution in [3.63, 3.8) is 0 Å². The van der Waals surface area contributed by atoms with Crippen molar-refractivity contribution in [2.45, 2.75) is 44.4 Å². The Kier molecular flexibility index (Phi) is 8.42. The average molecular weight is 504 g/mol. The molecule has 0 unspecified atom stereocenters. The van der Waals surface area contributed by atoms with Crippen molar-refractivity contribution in [3.8, 4) is 5.75 Å². The molecule has 6 nitrogen and oxygen atoms in total. The Hall–Kier alpha value is -2.52. The maximum Gasteiger partial charge on any atom is 0.433 e. The topological polar surface area (TPSA) is 80.3 Å². The molecule has 1 aromatic carbocycles. The number of rotatable bonds is 7. The summed E-state index contributed by atoms with van der Waals surface area (Å²) in [6.07, 6.45) is -0.927. The summed E-state index contributed by atoms with van der Waals surface area (Å²) in [6.45, 7) is -0.0633. The Bertz CT molecular complexity index is 979. The van der Waals surface area contributed by atoms with E-state index >= 15 is 0 Å². The number of hydrogen-bond acceptors (Lipinski definition) is 4. The molecule has 178 valence electrons. The number of nitrogens with zero attached hydrogens (tertiary/aromatic N) is 1. The zero-order valence-corrected chi connectivity index (χ0v) is 18.9. The van der Waals surface area contributed by atoms with Crippen molar-refractivity contribution in [1.82, 2.24) is 15.6 Å². The summed E-state index contributed by atoms with van der Waals surface area (Å²) in [6, 6.07) is 6.85. The minimum absolute atomic E-state index is 0.0573. The molecule has 2 aromatic rings. The predicted molar refractivity (Wildman–Crippen MR) is 117 cm³/mol. The highest BCUT2D eigenvalue weighted by molar-refractivity contribution is 6.42. The normalized spacial score (nSPS) is 18.5. The fourth-order valence-electron chi connectivity index (χ4n) is 3.52. The summed E-state index contributed by atoms with van der Waals surface area (Å²) in [5, 5.41) is 6.36. The summed E-state index contributed by atoms with van der Waals surface area (Å²) < 4.78 is 43.1. The van der Waals surface area contributed by atoms with Crippen molar-refractivity contribution < 1.29 is 27.5 Å². The highest BCUT2D eigenvalue weighted by Crippen LogP contribution is 2.28. The SMILES string of the molecule is O=C(COc1ccc(Cl)c(Cl)c1)N[C@H]1CC[C@H](C(=O)NCc2ccc(C(F)(F)F)nc2)CC1. The van der Waals surface area contributed by atoms with Crippen LogP contribution >= 0.6 is 23.2 Å². The molecule has 1 fully saturated rings. The number of nitrogens with one attached hydrogen (secondary N) is 2. The van der Waals surface area contributed by atoms with Crippen LogP contribution < -0.4 is 15.4 Å². The minimum atomic E-state index is -4.49. The van der Waals surface area contributed by atoms with E-state index in [1.54, 1.807) is 12.1 Å². The molecule has 1 aromatic heterocycles. The Balaban J connectivity index is 1.36. The number of halogens is 5. The van der Waals surface area contributed by atoms with E-state index in [0.717, 1.165) is 12.3 Å². The first-order valence-corrected chi connectivity index (χ1v) is 11.0. The molecule has 0 atom stereocenters. The lowest BCUT2D eigenvalue weighted by Crippen LogP contribution is -2.42. The lowest BCUT2D eigenvalue weighted by molar-refractivity contribution is -0.141. The third-order valence-electron chi connectivity index (χ3n) is 5.31. The van der Waals surface area contributed by atoms with Crippen LogP contribution in [0.2, 0.25) is 10.0 Å². The molecule has 0 saturated heterocycles. The summed E-state index contributed by atoms with van der Waals surface area (Å²) in [5.41, 5.74) is -0.486. The zero-order chi connectivity index (χ0) is 24.0. The second-order valence-electron chi connectivity index (χ2n) is 7.75. The second kappa shape index (κ2) is 11.1. The van der Waals surface area contributed by atoms with E-state index in [4.69, 9.17) is 27.9 Å². The van der Waals surface area contributed by atoms with Crippen LogP contribution in [0.15, 0.2) is 36.5 Å². The van der Waals surface area contributed by atoms with E-state index in [1.807, 2.05) is 0 Å². The van der Waals surface area contributed by atoms with E-state index in [9.17, 15) is 22.8 Å². The van der Waals surface area contributed by atoms with Crippen LogP contribution in [0.3, 0.4) is 0 Å². The molecule has 1 aliphatic carbocycles. The van der Waals surface area contributed by atoms with E-state index in [1.165, 1.54) is 12.1 Å². The number of carbonyl (C=O) groups excluding carboxylic acids is 2. The van der Waals surface area contributed by atoms with Gasteiger partial charge < -0.3 is 15.4 Å². The largest absolute Gasteiger partial charge is 0.484 e. The molecular formula is C22H22Cl2F3N3O3. The number of aromatic nitrogens is 1. The van der Waals surface area contributed by atoms with Gasteiger partial charge in [-0.15, -0.1) is 0 Å². The summed E-state index contributed by atoms with van der Waals surface area (Å²) in [4.78, 5) is 27.9. The van der Waals surface area contributed by atoms with Crippen LogP contribution in [0.1, 0.15) is 36.9 Å². The van der Waals surface area contributed by atoms with Crippen LogP contribution in [0.4, 0.5) is 13.2 Å². The van der Waals surface area contributed by atoms with Crippen molar-refractivity contribution in [1.29, 1.82) is 0 Å². The van der Waals surface area contributed by atoms with Gasteiger partial charge in [0.2, 0.25) is 5.91 Å². The predicted octanol–water partition coefficient (Wildman–Crippen LogP) is 4.78. The van der Waals surface area contributed by atoms with Gasteiger partial charge in [0.1, 0.15) is 11.4 Å². The fraction of sp³-hybridized carbons (Fsp3) is 0.409. The van der Waals surface area contributed by atoms with Crippen LogP contribution in [0, 0.1) is 5.92 Å². The molecule has 1 heterocycles. The molecule has 33 heavy (non-hydrogen) atoms. The monoisotopic (exact) mass is 503 g/mol. The van der Waals surface area contributed by atoms with Crippen molar-refractivity contribution >= 4 is 35.0 Å². The van der Waals surface area contributed by atoms with Crippen LogP contribution in [0.5, 0.6) is 5.75 Å². The first-order chi connectivity index (χ1) is 15.6. The zero-order valence-electron chi connectivity index (χ0n) is 17.4. The Morgan fingerprint density at radius 3 is 2.39 bits per heavy atom. The molecule has 0 radical (unpaired) electrons. The number of hydrogen-bond donors (Lipinski definition) is 2. The van der Waals surface area contributed by atoms with Crippen LogP contribution in [-0.4, -0.2) is 29.4 Å². The van der Waals surface area contributed by atoms with Gasteiger partial charge in [0.05, 0.1) is 10.0 Å². The Morgan fingerprint density at radius 2 is 1.79 bits per heavy atom. The summed E-state index contributed by atoms with van der Waals surface area (Å²) in [5.74, 6) is -0.220. The van der Waals surface area contributed by atoms with Gasteiger partial charge in [0.25, 0.3) is 5.91 Å². The maximum atomic E-state index is 12.6. The lowest BCUT2D eigenvalue weighted by atomic mass is 9.85. The lowest BCUT2D eigenvalue weighted by Gasteiger charge is -2.28. The highest BCUT2D eigenvalue weighted by Gasteiger charge is 2.32. The minimum Gasteiger partial charge on any atom is -0.484 e. The molecule has 0 spiro atoms. The standard InChI is InChI=1S/C22H22Cl2F3N3O3/c23-17-7-6-16(9-18(17)24)33-12-20(31)30-15-4-2-14(3-5-15)21(32)29-11-13-1-8-19(28-10-13)22(25,26)27/h1,6-10,14-15H,2-5,11-12H2,(H,29,32)(H,30,31)/t14-,15-. The number of carbonyl (C=O) groups is 2. The Labute approximate surface area is 198 Å². The fourth-order valence-corrected chi connectivity index (χ4v) is 3.80. The maximum absolute atomic E-state index is 12.6. The molecule has 3 rings (SSSR count).